The molecule has 1 aromatic heterocycles. The van der Waals surface area contributed by atoms with Crippen LogP contribution in [0.3, 0.4) is 0 Å². The first-order valence-corrected chi connectivity index (χ1v) is 4.99. The molecular weight excluding hydrogens is 224 g/mol. The SMILES string of the molecule is CCOC(=O)c1cc(N)cnc1NCC(N)=O. The Kier molecular flexibility index (Phi) is 4.27. The number of hydrogen-bond donors (Lipinski definition) is 3. The van der Waals surface area contributed by atoms with Crippen molar-refractivity contribution < 1.29 is 14.3 Å². The van der Waals surface area contributed by atoms with Crippen LogP contribution in [0.2, 0.25) is 0 Å². The van der Waals surface area contributed by atoms with Crippen molar-refractivity contribution >= 4 is 23.4 Å². The Morgan fingerprint density at radius 1 is 1.53 bits per heavy atom. The van der Waals surface area contributed by atoms with Gasteiger partial charge >= 0.3 is 5.97 Å². The van der Waals surface area contributed by atoms with Gasteiger partial charge in [0.15, 0.2) is 0 Å². The highest BCUT2D eigenvalue weighted by molar-refractivity contribution is 5.96. The summed E-state index contributed by atoms with van der Waals surface area (Å²) in [5, 5.41) is 2.64. The minimum Gasteiger partial charge on any atom is -0.462 e. The number of hydrogen-bond acceptors (Lipinski definition) is 6. The van der Waals surface area contributed by atoms with Gasteiger partial charge in [0, 0.05) is 0 Å². The number of nitrogen functional groups attached to an aromatic ring is 1. The van der Waals surface area contributed by atoms with Gasteiger partial charge in [0.05, 0.1) is 25.0 Å². The number of nitrogens with one attached hydrogen (secondary N) is 1. The molecule has 0 unspecified atom stereocenters. The number of nitrogens with two attached hydrogens (primary N) is 2. The van der Waals surface area contributed by atoms with Crippen molar-refractivity contribution in [2.75, 3.05) is 24.2 Å². The van der Waals surface area contributed by atoms with Gasteiger partial charge in [-0.3, -0.25) is 4.79 Å². The molecular formula is C10H14N4O3. The molecule has 7 nitrogen and oxygen atoms in total. The van der Waals surface area contributed by atoms with E-state index in [4.69, 9.17) is 16.2 Å². The second-order valence-corrected chi connectivity index (χ2v) is 3.21. The molecule has 1 aromatic rings. The van der Waals surface area contributed by atoms with E-state index < -0.39 is 11.9 Å². The van der Waals surface area contributed by atoms with Crippen molar-refractivity contribution in [1.29, 1.82) is 0 Å². The Balaban J connectivity index is 2.95. The summed E-state index contributed by atoms with van der Waals surface area (Å²) in [7, 11) is 0. The summed E-state index contributed by atoms with van der Waals surface area (Å²) in [6.07, 6.45) is 1.37. The largest absolute Gasteiger partial charge is 0.462 e. The molecule has 92 valence electrons. The first-order chi connectivity index (χ1) is 8.04. The third-order valence-electron chi connectivity index (χ3n) is 1.83. The lowest BCUT2D eigenvalue weighted by molar-refractivity contribution is -0.116. The molecule has 0 aliphatic heterocycles. The van der Waals surface area contributed by atoms with Crippen molar-refractivity contribution in [3.63, 3.8) is 0 Å². The van der Waals surface area contributed by atoms with Crippen LogP contribution < -0.4 is 16.8 Å². The van der Waals surface area contributed by atoms with E-state index in [-0.39, 0.29) is 24.5 Å². The van der Waals surface area contributed by atoms with Gasteiger partial charge in [-0.15, -0.1) is 0 Å². The zero-order chi connectivity index (χ0) is 12.8. The first kappa shape index (κ1) is 12.8. The Morgan fingerprint density at radius 2 is 2.24 bits per heavy atom. The molecule has 7 heteroatoms. The molecule has 0 bridgehead atoms. The van der Waals surface area contributed by atoms with Crippen LogP contribution in [0.25, 0.3) is 0 Å². The Labute approximate surface area is 98.1 Å². The number of anilines is 2. The van der Waals surface area contributed by atoms with Crippen LogP contribution in [0.4, 0.5) is 11.5 Å². The van der Waals surface area contributed by atoms with Crippen LogP contribution in [0.15, 0.2) is 12.3 Å². The van der Waals surface area contributed by atoms with Gasteiger partial charge in [-0.1, -0.05) is 0 Å². The molecule has 0 spiro atoms. The number of carbonyl (C=O) groups is 2. The van der Waals surface area contributed by atoms with Crippen molar-refractivity contribution in [2.45, 2.75) is 6.92 Å². The van der Waals surface area contributed by atoms with Gasteiger partial charge in [-0.05, 0) is 13.0 Å². The number of primary amides is 1. The smallest absolute Gasteiger partial charge is 0.341 e. The number of aromatic nitrogens is 1. The fourth-order valence-corrected chi connectivity index (χ4v) is 1.16. The topological polar surface area (TPSA) is 120 Å². The first-order valence-electron chi connectivity index (χ1n) is 4.99. The molecule has 1 rings (SSSR count). The molecule has 5 N–H and O–H groups in total. The quantitative estimate of drug-likeness (QED) is 0.608. The highest BCUT2D eigenvalue weighted by Gasteiger charge is 2.14. The molecule has 0 aliphatic carbocycles. The minimum atomic E-state index is -0.557. The van der Waals surface area contributed by atoms with Crippen LogP contribution in [0.5, 0.6) is 0 Å². The Hall–Kier alpha value is -2.31. The summed E-state index contributed by atoms with van der Waals surface area (Å²) in [6.45, 7) is 1.81. The van der Waals surface area contributed by atoms with E-state index in [1.807, 2.05) is 0 Å². The normalized spacial score (nSPS) is 9.71. The molecule has 0 atom stereocenters. The van der Waals surface area contributed by atoms with Crippen LogP contribution in [0, 0.1) is 0 Å². The maximum atomic E-state index is 11.6. The van der Waals surface area contributed by atoms with Gasteiger partial charge in [0.1, 0.15) is 11.4 Å². The van der Waals surface area contributed by atoms with E-state index in [1.54, 1.807) is 6.92 Å². The number of pyridine rings is 1. The van der Waals surface area contributed by atoms with Gasteiger partial charge in [0.2, 0.25) is 5.91 Å². The number of ether oxygens (including phenoxy) is 1. The second kappa shape index (κ2) is 5.69. The number of amides is 1. The highest BCUT2D eigenvalue weighted by Crippen LogP contribution is 2.16. The van der Waals surface area contributed by atoms with E-state index in [0.717, 1.165) is 0 Å². The zero-order valence-electron chi connectivity index (χ0n) is 9.40. The molecule has 1 amide bonds. The maximum absolute atomic E-state index is 11.6. The van der Waals surface area contributed by atoms with Gasteiger partial charge in [0.25, 0.3) is 0 Å². The molecule has 0 fully saturated rings. The average molecular weight is 238 g/mol. The van der Waals surface area contributed by atoms with Gasteiger partial charge in [-0.2, -0.15) is 0 Å². The fourth-order valence-electron chi connectivity index (χ4n) is 1.16. The zero-order valence-corrected chi connectivity index (χ0v) is 9.40. The Morgan fingerprint density at radius 3 is 2.82 bits per heavy atom. The van der Waals surface area contributed by atoms with Crippen LogP contribution in [-0.4, -0.2) is 30.0 Å². The summed E-state index contributed by atoms with van der Waals surface area (Å²) in [6, 6.07) is 1.42. The van der Waals surface area contributed by atoms with Gasteiger partial charge in [-0.25, -0.2) is 9.78 Å². The molecule has 0 saturated heterocycles. The lowest BCUT2D eigenvalue weighted by Gasteiger charge is -2.09. The van der Waals surface area contributed by atoms with E-state index in [9.17, 15) is 9.59 Å². The van der Waals surface area contributed by atoms with Gasteiger partial charge < -0.3 is 21.5 Å². The predicted octanol–water partition coefficient (Wildman–Crippen LogP) is -0.262. The maximum Gasteiger partial charge on any atom is 0.341 e. The van der Waals surface area contributed by atoms with Crippen LogP contribution >= 0.6 is 0 Å². The molecule has 0 aromatic carbocycles. The van der Waals surface area contributed by atoms with E-state index in [2.05, 4.69) is 10.3 Å². The van der Waals surface area contributed by atoms with Crippen LogP contribution in [-0.2, 0) is 9.53 Å². The van der Waals surface area contributed by atoms with Crippen molar-refractivity contribution in [3.8, 4) is 0 Å². The molecule has 0 saturated carbocycles. The summed E-state index contributed by atoms with van der Waals surface area (Å²) in [5.74, 6) is -0.894. The summed E-state index contributed by atoms with van der Waals surface area (Å²) >= 11 is 0. The number of carbonyl (C=O) groups excluding carboxylic acids is 2. The fraction of sp³-hybridized carbons (Fsp3) is 0.300. The monoisotopic (exact) mass is 238 g/mol. The van der Waals surface area contributed by atoms with E-state index >= 15 is 0 Å². The Bertz CT molecular complexity index is 434. The second-order valence-electron chi connectivity index (χ2n) is 3.21. The van der Waals surface area contributed by atoms with Crippen LogP contribution in [0.1, 0.15) is 17.3 Å². The standard InChI is InChI=1S/C10H14N4O3/c1-2-17-10(16)7-3-6(11)4-13-9(7)14-5-8(12)15/h3-4H,2,5,11H2,1H3,(H2,12,15)(H,13,14). The molecule has 17 heavy (non-hydrogen) atoms. The summed E-state index contributed by atoms with van der Waals surface area (Å²) in [4.78, 5) is 26.1. The number of rotatable bonds is 5. The molecule has 0 radical (unpaired) electrons. The third kappa shape index (κ3) is 3.63. The van der Waals surface area contributed by atoms with Crippen molar-refractivity contribution in [2.24, 2.45) is 5.73 Å². The van der Waals surface area contributed by atoms with Crippen molar-refractivity contribution in [3.05, 3.63) is 17.8 Å². The summed E-state index contributed by atoms with van der Waals surface area (Å²) < 4.78 is 4.84. The molecule has 1 heterocycles. The lowest BCUT2D eigenvalue weighted by atomic mass is 10.2. The highest BCUT2D eigenvalue weighted by atomic mass is 16.5. The number of esters is 1. The average Bonchev–Trinajstić information content (AvgIpc) is 2.27. The predicted molar refractivity (Wildman–Crippen MR) is 62.3 cm³/mol. The molecule has 0 aliphatic rings. The lowest BCUT2D eigenvalue weighted by Crippen LogP contribution is -2.23. The number of nitrogens with zero attached hydrogens (tertiary/aromatic N) is 1. The van der Waals surface area contributed by atoms with E-state index in [0.29, 0.717) is 5.69 Å². The van der Waals surface area contributed by atoms with E-state index in [1.165, 1.54) is 12.3 Å². The minimum absolute atomic E-state index is 0.122. The van der Waals surface area contributed by atoms with Crippen molar-refractivity contribution in [1.82, 2.24) is 4.98 Å². The summed E-state index contributed by atoms with van der Waals surface area (Å²) in [5.41, 5.74) is 11.0. The third-order valence-corrected chi connectivity index (χ3v) is 1.83.